The molecule has 32 heavy (non-hydrogen) atoms. The van der Waals surface area contributed by atoms with Crippen LogP contribution >= 0.6 is 11.3 Å². The number of fused-ring (bicyclic) bond motifs is 2. The molecule has 166 valence electrons. The fourth-order valence-electron chi connectivity index (χ4n) is 4.72. The van der Waals surface area contributed by atoms with Crippen LogP contribution in [0.5, 0.6) is 0 Å². The summed E-state index contributed by atoms with van der Waals surface area (Å²) >= 11 is 1.46. The van der Waals surface area contributed by atoms with Crippen LogP contribution in [0.1, 0.15) is 34.5 Å². The Kier molecular flexibility index (Phi) is 5.11. The number of nitrogens with zero attached hydrogens (tertiary/aromatic N) is 4. The first-order chi connectivity index (χ1) is 15.3. The zero-order chi connectivity index (χ0) is 22.5. The molecular weight excluding hydrogens is 439 g/mol. The van der Waals surface area contributed by atoms with Crippen molar-refractivity contribution in [2.75, 3.05) is 11.9 Å². The predicted molar refractivity (Wildman–Crippen MR) is 114 cm³/mol. The highest BCUT2D eigenvalue weighted by Crippen LogP contribution is 2.41. The molecule has 1 aliphatic carbocycles. The third kappa shape index (κ3) is 3.72. The Balaban J connectivity index is 1.37. The highest BCUT2D eigenvalue weighted by atomic mass is 32.1. The van der Waals surface area contributed by atoms with Crippen LogP contribution in [0.25, 0.3) is 10.6 Å². The maximum atomic E-state index is 13.5. The third-order valence-electron chi connectivity index (χ3n) is 6.17. The smallest absolute Gasteiger partial charge is 0.365 e. The second-order valence-electron chi connectivity index (χ2n) is 8.23. The molecule has 0 spiro atoms. The first-order valence-electron chi connectivity index (χ1n) is 10.3. The third-order valence-corrected chi connectivity index (χ3v) is 6.97. The molecule has 0 radical (unpaired) electrons. The minimum Gasteiger partial charge on any atom is -0.365 e. The Morgan fingerprint density at radius 3 is 2.66 bits per heavy atom. The second kappa shape index (κ2) is 7.84. The number of hydrogen-bond donors (Lipinski definition) is 1. The number of anilines is 1. The molecule has 6 nitrogen and oxygen atoms in total. The van der Waals surface area contributed by atoms with Gasteiger partial charge in [-0.3, -0.25) is 9.78 Å². The molecule has 1 amide bonds. The van der Waals surface area contributed by atoms with E-state index in [9.17, 15) is 18.0 Å². The molecule has 2 fully saturated rings. The van der Waals surface area contributed by atoms with E-state index in [1.165, 1.54) is 17.4 Å². The maximum absolute atomic E-state index is 13.5. The summed E-state index contributed by atoms with van der Waals surface area (Å²) in [6.45, 7) is 2.58. The Bertz CT molecular complexity index is 1130. The topological polar surface area (TPSA) is 71.0 Å². The summed E-state index contributed by atoms with van der Waals surface area (Å²) in [5.74, 6) is 0.572. The van der Waals surface area contributed by atoms with Crippen LogP contribution < -0.4 is 5.32 Å². The zero-order valence-corrected chi connectivity index (χ0v) is 18.0. The standard InChI is InChI=1S/C22H20F3N5OS/c1-12-4-5-26-19(18(12)20-27-6-7-32-20)21(31)30-11-13-8-15(16(30)9-13)29-17-3-2-14(10-28-17)22(23,24)25/h2-7,10,13,15-16H,8-9,11H2,1H3,(H,28,29)/t13-,15+,16-/m0/s1. The molecular formula is C22H20F3N5OS. The van der Waals surface area contributed by atoms with Crippen LogP contribution in [0.3, 0.4) is 0 Å². The van der Waals surface area contributed by atoms with E-state index in [1.807, 2.05) is 23.3 Å². The van der Waals surface area contributed by atoms with Crippen molar-refractivity contribution in [1.29, 1.82) is 0 Å². The fraction of sp³-hybridized carbons (Fsp3) is 0.364. The number of pyridine rings is 2. The van der Waals surface area contributed by atoms with Gasteiger partial charge < -0.3 is 10.2 Å². The van der Waals surface area contributed by atoms with E-state index in [0.717, 1.165) is 41.2 Å². The number of halogens is 3. The Labute approximate surface area is 186 Å². The molecule has 5 rings (SSSR count). The van der Waals surface area contributed by atoms with E-state index in [0.29, 0.717) is 24.0 Å². The van der Waals surface area contributed by atoms with Crippen LogP contribution in [0.15, 0.2) is 42.2 Å². The van der Waals surface area contributed by atoms with Gasteiger partial charge in [-0.2, -0.15) is 13.2 Å². The van der Waals surface area contributed by atoms with Gasteiger partial charge in [0.1, 0.15) is 16.5 Å². The molecule has 2 aliphatic rings. The predicted octanol–water partition coefficient (Wildman–Crippen LogP) is 4.64. The molecule has 2 bridgehead atoms. The van der Waals surface area contributed by atoms with Crippen molar-refractivity contribution in [2.45, 2.75) is 38.0 Å². The number of thiazole rings is 1. The van der Waals surface area contributed by atoms with Gasteiger partial charge in [-0.25, -0.2) is 9.97 Å². The zero-order valence-electron chi connectivity index (χ0n) is 17.1. The Hall–Kier alpha value is -3.01. The summed E-state index contributed by atoms with van der Waals surface area (Å²) in [5.41, 5.74) is 1.29. The number of carbonyl (C=O) groups excluding carboxylic acids is 1. The number of nitrogens with one attached hydrogen (secondary N) is 1. The van der Waals surface area contributed by atoms with E-state index in [-0.39, 0.29) is 18.0 Å². The van der Waals surface area contributed by atoms with Gasteiger partial charge in [0.05, 0.1) is 11.6 Å². The number of aryl methyl sites for hydroxylation is 1. The summed E-state index contributed by atoms with van der Waals surface area (Å²) in [6.07, 6.45) is 1.44. The van der Waals surface area contributed by atoms with Gasteiger partial charge in [0, 0.05) is 42.1 Å². The molecule has 4 heterocycles. The van der Waals surface area contributed by atoms with E-state index in [2.05, 4.69) is 20.3 Å². The molecule has 1 saturated carbocycles. The van der Waals surface area contributed by atoms with Gasteiger partial charge in [-0.1, -0.05) is 0 Å². The molecule has 0 unspecified atom stereocenters. The molecule has 3 aromatic heterocycles. The van der Waals surface area contributed by atoms with Crippen LogP contribution in [-0.2, 0) is 6.18 Å². The summed E-state index contributed by atoms with van der Waals surface area (Å²) in [7, 11) is 0. The van der Waals surface area contributed by atoms with E-state index >= 15 is 0 Å². The highest BCUT2D eigenvalue weighted by molar-refractivity contribution is 7.13. The van der Waals surface area contributed by atoms with Crippen molar-refractivity contribution in [3.8, 4) is 10.6 Å². The monoisotopic (exact) mass is 459 g/mol. The molecule has 1 N–H and O–H groups in total. The number of hydrogen-bond acceptors (Lipinski definition) is 6. The van der Waals surface area contributed by atoms with Gasteiger partial charge in [0.2, 0.25) is 0 Å². The summed E-state index contributed by atoms with van der Waals surface area (Å²) in [6, 6.07) is 4.08. The van der Waals surface area contributed by atoms with Crippen LogP contribution in [0.4, 0.5) is 19.0 Å². The van der Waals surface area contributed by atoms with Crippen molar-refractivity contribution in [1.82, 2.24) is 19.9 Å². The number of aromatic nitrogens is 3. The lowest BCUT2D eigenvalue weighted by Gasteiger charge is -2.34. The maximum Gasteiger partial charge on any atom is 0.417 e. The fourth-order valence-corrected chi connectivity index (χ4v) is 5.47. The quantitative estimate of drug-likeness (QED) is 0.615. The Morgan fingerprint density at radius 2 is 2.00 bits per heavy atom. The van der Waals surface area contributed by atoms with Crippen molar-refractivity contribution < 1.29 is 18.0 Å². The average molecular weight is 459 g/mol. The van der Waals surface area contributed by atoms with Crippen LogP contribution in [0.2, 0.25) is 0 Å². The summed E-state index contributed by atoms with van der Waals surface area (Å²) < 4.78 is 38.4. The summed E-state index contributed by atoms with van der Waals surface area (Å²) in [4.78, 5) is 28.1. The molecule has 1 saturated heterocycles. The number of piperidine rings is 1. The van der Waals surface area contributed by atoms with Gasteiger partial charge in [-0.15, -0.1) is 11.3 Å². The minimum absolute atomic E-state index is 0.0666. The molecule has 0 aromatic carbocycles. The highest BCUT2D eigenvalue weighted by Gasteiger charge is 2.47. The molecule has 10 heteroatoms. The lowest BCUT2D eigenvalue weighted by molar-refractivity contribution is -0.137. The van der Waals surface area contributed by atoms with E-state index < -0.39 is 11.7 Å². The SMILES string of the molecule is Cc1ccnc(C(=O)N2C[C@H]3C[C@@H](Nc4ccc(C(F)(F)F)cn4)[C@@H]2C3)c1-c1nccs1. The minimum atomic E-state index is -4.42. The largest absolute Gasteiger partial charge is 0.417 e. The van der Waals surface area contributed by atoms with Crippen molar-refractivity contribution in [3.05, 3.63) is 59.0 Å². The normalized spacial score (nSPS) is 22.4. The lowest BCUT2D eigenvalue weighted by atomic mass is 10.0. The van der Waals surface area contributed by atoms with E-state index in [4.69, 9.17) is 0 Å². The second-order valence-corrected chi connectivity index (χ2v) is 9.13. The number of amides is 1. The van der Waals surface area contributed by atoms with E-state index in [1.54, 1.807) is 12.4 Å². The van der Waals surface area contributed by atoms with Crippen molar-refractivity contribution >= 4 is 23.1 Å². The van der Waals surface area contributed by atoms with Gasteiger partial charge >= 0.3 is 6.18 Å². The molecule has 3 aromatic rings. The number of alkyl halides is 3. The first-order valence-corrected chi connectivity index (χ1v) is 11.2. The number of carbonyl (C=O) groups is 1. The number of rotatable bonds is 4. The first kappa shape index (κ1) is 20.9. The Morgan fingerprint density at radius 1 is 1.16 bits per heavy atom. The molecule has 3 atom stereocenters. The van der Waals surface area contributed by atoms with Crippen LogP contribution in [-0.4, -0.2) is 44.4 Å². The van der Waals surface area contributed by atoms with Gasteiger partial charge in [-0.05, 0) is 49.4 Å². The van der Waals surface area contributed by atoms with Gasteiger partial charge in [0.15, 0.2) is 0 Å². The average Bonchev–Trinajstić information content (AvgIpc) is 3.50. The number of likely N-dealkylation sites (tertiary alicyclic amines) is 1. The lowest BCUT2D eigenvalue weighted by Crippen LogP contribution is -2.48. The van der Waals surface area contributed by atoms with Crippen LogP contribution in [0, 0.1) is 12.8 Å². The van der Waals surface area contributed by atoms with Crippen molar-refractivity contribution in [3.63, 3.8) is 0 Å². The van der Waals surface area contributed by atoms with Gasteiger partial charge in [0.25, 0.3) is 5.91 Å². The molecule has 1 aliphatic heterocycles. The van der Waals surface area contributed by atoms with Crippen molar-refractivity contribution in [2.24, 2.45) is 5.92 Å². The summed E-state index contributed by atoms with van der Waals surface area (Å²) in [5, 5.41) is 5.86.